The van der Waals surface area contributed by atoms with Crippen LogP contribution in [0.3, 0.4) is 0 Å². The fourth-order valence-corrected chi connectivity index (χ4v) is 2.39. The molecule has 0 aliphatic carbocycles. The van der Waals surface area contributed by atoms with Crippen LogP contribution in [0.5, 0.6) is 0 Å². The average Bonchev–Trinajstić information content (AvgIpc) is 2.31. The Morgan fingerprint density at radius 1 is 1.32 bits per heavy atom. The van der Waals surface area contributed by atoms with Crippen LogP contribution in [-0.2, 0) is 6.54 Å². The monoisotopic (exact) mass is 266 g/mol. The Morgan fingerprint density at radius 3 is 2.53 bits per heavy atom. The molecule has 0 aromatic heterocycles. The molecule has 19 heavy (non-hydrogen) atoms. The zero-order valence-corrected chi connectivity index (χ0v) is 12.8. The number of benzene rings is 1. The van der Waals surface area contributed by atoms with E-state index >= 15 is 0 Å². The van der Waals surface area contributed by atoms with Crippen molar-refractivity contribution in [3.05, 3.63) is 35.6 Å². The van der Waals surface area contributed by atoms with Gasteiger partial charge in [-0.25, -0.2) is 4.39 Å². The molecule has 3 heteroatoms. The fraction of sp³-hybridized carbons (Fsp3) is 0.625. The van der Waals surface area contributed by atoms with E-state index in [2.05, 4.69) is 37.9 Å². The van der Waals surface area contributed by atoms with Gasteiger partial charge >= 0.3 is 0 Å². The van der Waals surface area contributed by atoms with Gasteiger partial charge in [-0.05, 0) is 32.0 Å². The molecule has 1 rings (SSSR count). The Balaban J connectivity index is 2.60. The van der Waals surface area contributed by atoms with Crippen LogP contribution in [0, 0.1) is 11.2 Å². The lowest BCUT2D eigenvalue weighted by atomic mass is 9.84. The van der Waals surface area contributed by atoms with E-state index in [1.54, 1.807) is 6.07 Å². The quantitative estimate of drug-likeness (QED) is 0.815. The molecule has 2 nitrogen and oxygen atoms in total. The van der Waals surface area contributed by atoms with Gasteiger partial charge in [0.2, 0.25) is 0 Å². The summed E-state index contributed by atoms with van der Waals surface area (Å²) in [7, 11) is 2.05. The summed E-state index contributed by atoms with van der Waals surface area (Å²) in [6, 6.07) is 7.43. The van der Waals surface area contributed by atoms with Gasteiger partial charge in [0, 0.05) is 24.7 Å². The minimum atomic E-state index is -0.119. The first-order valence-electron chi connectivity index (χ1n) is 7.02. The highest BCUT2D eigenvalue weighted by Crippen LogP contribution is 2.22. The Morgan fingerprint density at radius 2 is 1.95 bits per heavy atom. The third kappa shape index (κ3) is 4.92. The van der Waals surface area contributed by atoms with Crippen molar-refractivity contribution >= 4 is 0 Å². The van der Waals surface area contributed by atoms with E-state index in [-0.39, 0.29) is 11.2 Å². The summed E-state index contributed by atoms with van der Waals surface area (Å²) in [6.45, 7) is 11.4. The summed E-state index contributed by atoms with van der Waals surface area (Å²) >= 11 is 0. The normalized spacial score (nSPS) is 13.8. The highest BCUT2D eigenvalue weighted by molar-refractivity contribution is 5.17. The molecule has 1 unspecified atom stereocenters. The van der Waals surface area contributed by atoms with Crippen molar-refractivity contribution in [3.8, 4) is 0 Å². The van der Waals surface area contributed by atoms with E-state index in [4.69, 9.17) is 0 Å². The number of rotatable bonds is 7. The first-order chi connectivity index (χ1) is 8.86. The molecule has 0 radical (unpaired) electrons. The first kappa shape index (κ1) is 16.1. The van der Waals surface area contributed by atoms with E-state index in [1.165, 1.54) is 6.07 Å². The Labute approximate surface area is 117 Å². The van der Waals surface area contributed by atoms with Crippen molar-refractivity contribution in [3.63, 3.8) is 0 Å². The van der Waals surface area contributed by atoms with Crippen LogP contribution in [0.25, 0.3) is 0 Å². The van der Waals surface area contributed by atoms with Crippen LogP contribution in [0.2, 0.25) is 0 Å². The van der Waals surface area contributed by atoms with E-state index in [1.807, 2.05) is 19.2 Å². The van der Waals surface area contributed by atoms with Gasteiger partial charge in [-0.1, -0.05) is 39.0 Å². The Bertz CT molecular complexity index is 390. The van der Waals surface area contributed by atoms with Gasteiger partial charge in [0.15, 0.2) is 0 Å². The van der Waals surface area contributed by atoms with E-state index in [0.29, 0.717) is 12.6 Å². The zero-order valence-electron chi connectivity index (χ0n) is 12.8. The molecule has 0 spiro atoms. The zero-order chi connectivity index (χ0) is 14.5. The fourth-order valence-electron chi connectivity index (χ4n) is 2.39. The number of nitrogens with one attached hydrogen (secondary N) is 1. The number of nitrogens with zero attached hydrogens (tertiary/aromatic N) is 1. The number of halogens is 1. The summed E-state index contributed by atoms with van der Waals surface area (Å²) in [5.41, 5.74) is 0.910. The van der Waals surface area contributed by atoms with E-state index < -0.39 is 0 Å². The molecular formula is C16H27FN2. The summed E-state index contributed by atoms with van der Waals surface area (Å²) in [5, 5.41) is 3.47. The van der Waals surface area contributed by atoms with Crippen molar-refractivity contribution in [1.29, 1.82) is 0 Å². The second-order valence-electron chi connectivity index (χ2n) is 6.03. The molecule has 0 saturated heterocycles. The highest BCUT2D eigenvalue weighted by Gasteiger charge is 2.26. The van der Waals surface area contributed by atoms with Crippen molar-refractivity contribution < 1.29 is 4.39 Å². The molecule has 1 aromatic rings. The van der Waals surface area contributed by atoms with Crippen LogP contribution >= 0.6 is 0 Å². The molecule has 0 aliphatic rings. The maximum Gasteiger partial charge on any atom is 0.127 e. The highest BCUT2D eigenvalue weighted by atomic mass is 19.1. The van der Waals surface area contributed by atoms with E-state index in [0.717, 1.165) is 18.7 Å². The minimum Gasteiger partial charge on any atom is -0.314 e. The maximum absolute atomic E-state index is 13.6. The minimum absolute atomic E-state index is 0.119. The molecule has 1 aromatic carbocycles. The molecular weight excluding hydrogens is 239 g/mol. The summed E-state index contributed by atoms with van der Waals surface area (Å²) in [4.78, 5) is 2.19. The number of hydrogen-bond donors (Lipinski definition) is 1. The van der Waals surface area contributed by atoms with Crippen molar-refractivity contribution in [2.45, 2.75) is 40.3 Å². The second kappa shape index (κ2) is 7.01. The third-order valence-corrected chi connectivity index (χ3v) is 3.76. The first-order valence-corrected chi connectivity index (χ1v) is 7.02. The molecule has 0 saturated carbocycles. The summed E-state index contributed by atoms with van der Waals surface area (Å²) in [6.07, 6.45) is 0. The predicted molar refractivity (Wildman–Crippen MR) is 79.7 cm³/mol. The van der Waals surface area contributed by atoms with Crippen molar-refractivity contribution in [2.24, 2.45) is 5.41 Å². The molecule has 1 atom stereocenters. The smallest absolute Gasteiger partial charge is 0.127 e. The van der Waals surface area contributed by atoms with E-state index in [9.17, 15) is 4.39 Å². The van der Waals surface area contributed by atoms with Gasteiger partial charge in [-0.15, -0.1) is 0 Å². The molecule has 0 heterocycles. The van der Waals surface area contributed by atoms with Gasteiger partial charge in [0.25, 0.3) is 0 Å². The van der Waals surface area contributed by atoms with Crippen molar-refractivity contribution in [1.82, 2.24) is 10.2 Å². The lowest BCUT2D eigenvalue weighted by molar-refractivity contribution is 0.160. The van der Waals surface area contributed by atoms with Gasteiger partial charge in [0.1, 0.15) is 5.82 Å². The lowest BCUT2D eigenvalue weighted by Crippen LogP contribution is -2.45. The topological polar surface area (TPSA) is 15.3 Å². The molecule has 0 amide bonds. The van der Waals surface area contributed by atoms with Gasteiger partial charge in [0.05, 0.1) is 0 Å². The second-order valence-corrected chi connectivity index (χ2v) is 6.03. The van der Waals surface area contributed by atoms with Gasteiger partial charge < -0.3 is 10.2 Å². The molecule has 0 fully saturated rings. The molecule has 0 bridgehead atoms. The Hall–Kier alpha value is -0.930. The summed E-state index contributed by atoms with van der Waals surface area (Å²) < 4.78 is 13.6. The Kier molecular flexibility index (Phi) is 5.95. The predicted octanol–water partition coefficient (Wildman–Crippen LogP) is 3.28. The molecule has 108 valence electrons. The third-order valence-electron chi connectivity index (χ3n) is 3.76. The van der Waals surface area contributed by atoms with Crippen LogP contribution in [0.1, 0.15) is 33.3 Å². The molecule has 0 aliphatic heterocycles. The number of hydrogen-bond acceptors (Lipinski definition) is 2. The largest absolute Gasteiger partial charge is 0.314 e. The van der Waals surface area contributed by atoms with Gasteiger partial charge in [-0.2, -0.15) is 0 Å². The average molecular weight is 266 g/mol. The van der Waals surface area contributed by atoms with Crippen LogP contribution in [0.4, 0.5) is 4.39 Å². The lowest BCUT2D eigenvalue weighted by Gasteiger charge is -2.36. The maximum atomic E-state index is 13.6. The van der Waals surface area contributed by atoms with Crippen LogP contribution in [-0.4, -0.2) is 31.1 Å². The van der Waals surface area contributed by atoms with Crippen LogP contribution < -0.4 is 5.32 Å². The summed E-state index contributed by atoms with van der Waals surface area (Å²) in [5.74, 6) is -0.119. The van der Waals surface area contributed by atoms with Crippen LogP contribution in [0.15, 0.2) is 24.3 Å². The van der Waals surface area contributed by atoms with Crippen molar-refractivity contribution in [2.75, 3.05) is 20.1 Å². The molecule has 1 N–H and O–H groups in total. The standard InChI is InChI=1S/C16H27FN2/c1-6-18-13(2)16(3,4)12-19(5)11-14-9-7-8-10-15(14)17/h7-10,13,18H,6,11-12H2,1-5H3. The SMILES string of the molecule is CCNC(C)C(C)(C)CN(C)Cc1ccccc1F. The van der Waals surface area contributed by atoms with Gasteiger partial charge in [-0.3, -0.25) is 0 Å².